The maximum Gasteiger partial charge on any atom is 0.351 e. The molecule has 0 unspecified atom stereocenters. The number of para-hydroxylation sites is 2. The first-order valence-corrected chi connectivity index (χ1v) is 9.09. The molecule has 0 radical (unpaired) electrons. The van der Waals surface area contributed by atoms with E-state index in [0.717, 1.165) is 19.3 Å². The van der Waals surface area contributed by atoms with Crippen molar-refractivity contribution in [3.63, 3.8) is 0 Å². The van der Waals surface area contributed by atoms with Gasteiger partial charge in [0.2, 0.25) is 6.10 Å². The molecule has 0 saturated carbocycles. The van der Waals surface area contributed by atoms with Crippen molar-refractivity contribution in [2.75, 3.05) is 18.5 Å². The molecular formula is C21H23NO5. The van der Waals surface area contributed by atoms with Crippen molar-refractivity contribution in [2.24, 2.45) is 0 Å². The number of nitrogens with one attached hydrogen (secondary N) is 1. The highest BCUT2D eigenvalue weighted by Gasteiger charge is 2.29. The number of anilines is 1. The summed E-state index contributed by atoms with van der Waals surface area (Å²) in [6.45, 7) is 1.83. The number of fused-ring (bicyclic) bond motifs is 1. The molecule has 1 aliphatic rings. The van der Waals surface area contributed by atoms with Crippen LogP contribution in [0, 0.1) is 0 Å². The van der Waals surface area contributed by atoms with Gasteiger partial charge in [-0.15, -0.1) is 0 Å². The Bertz CT molecular complexity index is 787. The minimum absolute atomic E-state index is 0.0523. The first-order valence-electron chi connectivity index (χ1n) is 9.09. The number of carbonyl (C=O) groups excluding carboxylic acids is 2. The summed E-state index contributed by atoms with van der Waals surface area (Å²) in [5, 5.41) is 2.71. The lowest BCUT2D eigenvalue weighted by atomic mass is 10.1. The van der Waals surface area contributed by atoms with E-state index in [4.69, 9.17) is 14.2 Å². The lowest BCUT2D eigenvalue weighted by molar-refractivity contribution is -0.156. The number of aryl methyl sites for hydroxylation is 1. The third kappa shape index (κ3) is 5.23. The van der Waals surface area contributed by atoms with Gasteiger partial charge in [0.1, 0.15) is 6.61 Å². The highest BCUT2D eigenvalue weighted by Crippen LogP contribution is 2.31. The van der Waals surface area contributed by atoms with Gasteiger partial charge >= 0.3 is 5.97 Å². The molecule has 0 saturated heterocycles. The smallest absolute Gasteiger partial charge is 0.351 e. The minimum Gasteiger partial charge on any atom is -0.485 e. The van der Waals surface area contributed by atoms with Crippen LogP contribution < -0.4 is 14.8 Å². The van der Waals surface area contributed by atoms with Gasteiger partial charge in [0.25, 0.3) is 5.91 Å². The Labute approximate surface area is 158 Å². The number of benzene rings is 2. The molecule has 1 aliphatic heterocycles. The first kappa shape index (κ1) is 18.8. The molecule has 2 aromatic carbocycles. The average molecular weight is 369 g/mol. The molecule has 142 valence electrons. The van der Waals surface area contributed by atoms with Gasteiger partial charge in [-0.3, -0.25) is 4.79 Å². The largest absolute Gasteiger partial charge is 0.485 e. The van der Waals surface area contributed by atoms with Crippen LogP contribution in [-0.4, -0.2) is 31.2 Å². The molecule has 0 aromatic heterocycles. The molecule has 0 bridgehead atoms. The predicted molar refractivity (Wildman–Crippen MR) is 101 cm³/mol. The second-order valence-corrected chi connectivity index (χ2v) is 6.32. The number of amides is 1. The van der Waals surface area contributed by atoms with Gasteiger partial charge in [-0.05, 0) is 42.7 Å². The van der Waals surface area contributed by atoms with Crippen LogP contribution >= 0.6 is 0 Å². The van der Waals surface area contributed by atoms with Crippen molar-refractivity contribution in [3.8, 4) is 11.5 Å². The molecule has 0 fully saturated rings. The summed E-state index contributed by atoms with van der Waals surface area (Å²) in [7, 11) is 0. The maximum absolute atomic E-state index is 12.1. The predicted octanol–water partition coefficient (Wildman–Crippen LogP) is 3.35. The zero-order valence-corrected chi connectivity index (χ0v) is 15.3. The maximum atomic E-state index is 12.1. The zero-order chi connectivity index (χ0) is 19.1. The molecule has 27 heavy (non-hydrogen) atoms. The van der Waals surface area contributed by atoms with E-state index < -0.39 is 18.0 Å². The average Bonchev–Trinajstić information content (AvgIpc) is 2.71. The highest BCUT2D eigenvalue weighted by molar-refractivity contribution is 5.93. The Morgan fingerprint density at radius 1 is 1.11 bits per heavy atom. The van der Waals surface area contributed by atoms with Crippen molar-refractivity contribution < 1.29 is 23.8 Å². The fourth-order valence-electron chi connectivity index (χ4n) is 2.70. The Morgan fingerprint density at radius 2 is 1.85 bits per heavy atom. The second kappa shape index (κ2) is 9.07. The molecule has 2 aromatic rings. The zero-order valence-electron chi connectivity index (χ0n) is 15.3. The van der Waals surface area contributed by atoms with Crippen LogP contribution in [0.15, 0.2) is 48.5 Å². The van der Waals surface area contributed by atoms with E-state index in [-0.39, 0.29) is 13.2 Å². The monoisotopic (exact) mass is 369 g/mol. The van der Waals surface area contributed by atoms with E-state index in [9.17, 15) is 9.59 Å². The number of hydrogen-bond donors (Lipinski definition) is 1. The normalized spacial score (nSPS) is 15.1. The fraction of sp³-hybridized carbons (Fsp3) is 0.333. The Hall–Kier alpha value is -3.02. The molecule has 0 aliphatic carbocycles. The van der Waals surface area contributed by atoms with Crippen LogP contribution in [0.25, 0.3) is 0 Å². The van der Waals surface area contributed by atoms with Crippen LogP contribution in [-0.2, 0) is 20.7 Å². The summed E-state index contributed by atoms with van der Waals surface area (Å²) in [5.74, 6) is 0.0383. The Balaban J connectivity index is 1.44. The van der Waals surface area contributed by atoms with Gasteiger partial charge in [0.15, 0.2) is 18.1 Å². The van der Waals surface area contributed by atoms with Crippen LogP contribution in [0.2, 0.25) is 0 Å². The number of carbonyl (C=O) groups is 2. The number of unbranched alkanes of at least 4 members (excludes halogenated alkanes) is 1. The van der Waals surface area contributed by atoms with Crippen molar-refractivity contribution in [2.45, 2.75) is 32.3 Å². The molecule has 1 amide bonds. The van der Waals surface area contributed by atoms with Crippen LogP contribution in [0.5, 0.6) is 11.5 Å². The van der Waals surface area contributed by atoms with E-state index in [1.54, 1.807) is 18.2 Å². The molecule has 1 heterocycles. The third-order valence-corrected chi connectivity index (χ3v) is 4.17. The van der Waals surface area contributed by atoms with E-state index in [2.05, 4.69) is 12.2 Å². The second-order valence-electron chi connectivity index (χ2n) is 6.32. The molecule has 1 N–H and O–H groups in total. The van der Waals surface area contributed by atoms with E-state index in [1.165, 1.54) is 5.56 Å². The standard InChI is InChI=1S/C21H23NO5/c1-2-3-6-15-9-11-16(12-10-15)22-20(23)14-26-21(24)19-13-25-17-7-4-5-8-18(17)27-19/h4-5,7-12,19H,2-3,6,13-14H2,1H3,(H,22,23)/t19-/m0/s1. The van der Waals surface area contributed by atoms with Crippen molar-refractivity contribution in [1.82, 2.24) is 0 Å². The number of ether oxygens (including phenoxy) is 3. The van der Waals surface area contributed by atoms with Crippen LogP contribution in [0.4, 0.5) is 5.69 Å². The van der Waals surface area contributed by atoms with Crippen molar-refractivity contribution in [1.29, 1.82) is 0 Å². The molecule has 0 spiro atoms. The molecular weight excluding hydrogens is 346 g/mol. The number of rotatable bonds is 7. The third-order valence-electron chi connectivity index (χ3n) is 4.17. The molecule has 3 rings (SSSR count). The van der Waals surface area contributed by atoms with Crippen molar-refractivity contribution >= 4 is 17.6 Å². The highest BCUT2D eigenvalue weighted by atomic mass is 16.6. The Morgan fingerprint density at radius 3 is 2.59 bits per heavy atom. The van der Waals surface area contributed by atoms with E-state index in [1.807, 2.05) is 30.3 Å². The topological polar surface area (TPSA) is 73.9 Å². The van der Waals surface area contributed by atoms with Gasteiger partial charge in [-0.25, -0.2) is 4.79 Å². The van der Waals surface area contributed by atoms with Gasteiger partial charge in [0, 0.05) is 5.69 Å². The minimum atomic E-state index is -0.884. The summed E-state index contributed by atoms with van der Waals surface area (Å²) < 4.78 is 16.1. The number of hydrogen-bond acceptors (Lipinski definition) is 5. The molecule has 6 nitrogen and oxygen atoms in total. The summed E-state index contributed by atoms with van der Waals surface area (Å²) in [5.41, 5.74) is 1.90. The van der Waals surface area contributed by atoms with Gasteiger partial charge < -0.3 is 19.5 Å². The first-order chi connectivity index (χ1) is 13.2. The lowest BCUT2D eigenvalue weighted by Crippen LogP contribution is -2.39. The summed E-state index contributed by atoms with van der Waals surface area (Å²) in [6.07, 6.45) is 2.42. The quantitative estimate of drug-likeness (QED) is 0.758. The Kier molecular flexibility index (Phi) is 6.30. The lowest BCUT2D eigenvalue weighted by Gasteiger charge is -2.24. The summed E-state index contributed by atoms with van der Waals surface area (Å²) in [6, 6.07) is 14.8. The van der Waals surface area contributed by atoms with Gasteiger partial charge in [-0.2, -0.15) is 0 Å². The van der Waals surface area contributed by atoms with Crippen LogP contribution in [0.1, 0.15) is 25.3 Å². The SMILES string of the molecule is CCCCc1ccc(NC(=O)COC(=O)[C@@H]2COc3ccccc3O2)cc1. The van der Waals surface area contributed by atoms with E-state index in [0.29, 0.717) is 17.2 Å². The van der Waals surface area contributed by atoms with Crippen molar-refractivity contribution in [3.05, 3.63) is 54.1 Å². The molecule has 6 heteroatoms. The van der Waals surface area contributed by atoms with Crippen LogP contribution in [0.3, 0.4) is 0 Å². The number of esters is 1. The summed E-state index contributed by atoms with van der Waals surface area (Å²) >= 11 is 0. The fourth-order valence-corrected chi connectivity index (χ4v) is 2.70. The summed E-state index contributed by atoms with van der Waals surface area (Å²) in [4.78, 5) is 24.1. The van der Waals surface area contributed by atoms with Gasteiger partial charge in [0.05, 0.1) is 0 Å². The van der Waals surface area contributed by atoms with E-state index >= 15 is 0 Å². The molecule has 1 atom stereocenters. The van der Waals surface area contributed by atoms with Gasteiger partial charge in [-0.1, -0.05) is 37.6 Å².